The second-order valence-electron chi connectivity index (χ2n) is 4.47. The summed E-state index contributed by atoms with van der Waals surface area (Å²) in [4.78, 5) is -0.0670. The summed E-state index contributed by atoms with van der Waals surface area (Å²) in [6, 6.07) is 8.32. The fourth-order valence-electron chi connectivity index (χ4n) is 1.77. The van der Waals surface area contributed by atoms with Crippen LogP contribution in [0.15, 0.2) is 41.3 Å². The Morgan fingerprint density at radius 2 is 1.86 bits per heavy atom. The fraction of sp³-hybridized carbons (Fsp3) is 0.143. The zero-order valence-electron chi connectivity index (χ0n) is 11.0. The van der Waals surface area contributed by atoms with Gasteiger partial charge in [0, 0.05) is 11.6 Å². The zero-order chi connectivity index (χ0) is 15.6. The van der Waals surface area contributed by atoms with Crippen LogP contribution < -0.4 is 4.72 Å². The van der Waals surface area contributed by atoms with Crippen LogP contribution in [0, 0.1) is 12.7 Å². The first-order valence-electron chi connectivity index (χ1n) is 5.99. The Balaban J connectivity index is 2.24. The van der Waals surface area contributed by atoms with E-state index in [-0.39, 0.29) is 16.5 Å². The van der Waals surface area contributed by atoms with Gasteiger partial charge >= 0.3 is 0 Å². The monoisotopic (exact) mass is 347 g/mol. The maximum atomic E-state index is 13.2. The third kappa shape index (κ3) is 3.95. The molecule has 112 valence electrons. The van der Waals surface area contributed by atoms with Gasteiger partial charge in [0.05, 0.1) is 5.02 Å². The van der Waals surface area contributed by atoms with Gasteiger partial charge in [0.2, 0.25) is 10.0 Å². The third-order valence-corrected chi connectivity index (χ3v) is 5.07. The summed E-state index contributed by atoms with van der Waals surface area (Å²) in [6.45, 7) is 1.75. The van der Waals surface area contributed by atoms with Crippen molar-refractivity contribution >= 4 is 33.2 Å². The molecule has 0 saturated heterocycles. The van der Waals surface area contributed by atoms with E-state index in [1.165, 1.54) is 30.3 Å². The molecule has 0 saturated carbocycles. The molecule has 0 radical (unpaired) electrons. The first-order chi connectivity index (χ1) is 9.79. The van der Waals surface area contributed by atoms with Gasteiger partial charge in [-0.15, -0.1) is 0 Å². The molecule has 2 aromatic carbocycles. The number of hydrogen-bond acceptors (Lipinski definition) is 2. The molecule has 0 aromatic heterocycles. The smallest absolute Gasteiger partial charge is 0.207 e. The molecular formula is C14H12Cl2FNO2S. The highest BCUT2D eigenvalue weighted by molar-refractivity contribution is 7.89. The SMILES string of the molecule is Cc1ccc(F)cc1CNS(=O)(=O)c1ccc(Cl)cc1Cl. The van der Waals surface area contributed by atoms with Crippen molar-refractivity contribution in [2.75, 3.05) is 0 Å². The van der Waals surface area contributed by atoms with Gasteiger partial charge < -0.3 is 0 Å². The van der Waals surface area contributed by atoms with Gasteiger partial charge in [-0.1, -0.05) is 29.3 Å². The number of nitrogens with one attached hydrogen (secondary N) is 1. The van der Waals surface area contributed by atoms with Gasteiger partial charge in [-0.3, -0.25) is 0 Å². The van der Waals surface area contributed by atoms with E-state index in [2.05, 4.69) is 4.72 Å². The number of benzene rings is 2. The maximum absolute atomic E-state index is 13.2. The van der Waals surface area contributed by atoms with Gasteiger partial charge in [-0.25, -0.2) is 17.5 Å². The lowest BCUT2D eigenvalue weighted by Gasteiger charge is -2.10. The largest absolute Gasteiger partial charge is 0.242 e. The molecule has 0 amide bonds. The zero-order valence-corrected chi connectivity index (χ0v) is 13.4. The average Bonchev–Trinajstić information content (AvgIpc) is 2.39. The topological polar surface area (TPSA) is 46.2 Å². The van der Waals surface area contributed by atoms with Crippen molar-refractivity contribution in [3.05, 3.63) is 63.4 Å². The van der Waals surface area contributed by atoms with E-state index in [0.717, 1.165) is 5.56 Å². The van der Waals surface area contributed by atoms with E-state index in [4.69, 9.17) is 23.2 Å². The minimum absolute atomic E-state index is 0.0229. The number of hydrogen-bond donors (Lipinski definition) is 1. The number of sulfonamides is 1. The van der Waals surface area contributed by atoms with Gasteiger partial charge in [-0.2, -0.15) is 0 Å². The van der Waals surface area contributed by atoms with Crippen LogP contribution in [-0.2, 0) is 16.6 Å². The van der Waals surface area contributed by atoms with Crippen molar-refractivity contribution in [1.29, 1.82) is 0 Å². The predicted molar refractivity (Wildman–Crippen MR) is 81.6 cm³/mol. The minimum Gasteiger partial charge on any atom is -0.207 e. The molecule has 0 aliphatic carbocycles. The third-order valence-electron chi connectivity index (χ3n) is 2.95. The molecule has 21 heavy (non-hydrogen) atoms. The Morgan fingerprint density at radius 1 is 1.14 bits per heavy atom. The van der Waals surface area contributed by atoms with Gasteiger partial charge in [-0.05, 0) is 48.4 Å². The van der Waals surface area contributed by atoms with E-state index in [1.807, 2.05) is 0 Å². The minimum atomic E-state index is -3.80. The summed E-state index contributed by atoms with van der Waals surface area (Å²) < 4.78 is 40.0. The van der Waals surface area contributed by atoms with Crippen LogP contribution >= 0.6 is 23.2 Å². The molecule has 2 rings (SSSR count). The number of aryl methyl sites for hydroxylation is 1. The lowest BCUT2D eigenvalue weighted by atomic mass is 10.1. The molecule has 0 fully saturated rings. The summed E-state index contributed by atoms with van der Waals surface area (Å²) >= 11 is 11.6. The molecule has 7 heteroatoms. The molecular weight excluding hydrogens is 336 g/mol. The Labute approximate surface area is 132 Å². The highest BCUT2D eigenvalue weighted by atomic mass is 35.5. The average molecular weight is 348 g/mol. The standard InChI is InChI=1S/C14H12Cl2FNO2S/c1-9-2-4-12(17)6-10(9)8-18-21(19,20)14-5-3-11(15)7-13(14)16/h2-7,18H,8H2,1H3. The van der Waals surface area contributed by atoms with Crippen molar-refractivity contribution in [1.82, 2.24) is 4.72 Å². The van der Waals surface area contributed by atoms with Crippen molar-refractivity contribution in [3.63, 3.8) is 0 Å². The highest BCUT2D eigenvalue weighted by Crippen LogP contribution is 2.25. The predicted octanol–water partition coefficient (Wildman–Crippen LogP) is 3.92. The summed E-state index contributed by atoms with van der Waals surface area (Å²) in [6.07, 6.45) is 0. The number of halogens is 3. The van der Waals surface area contributed by atoms with Crippen molar-refractivity contribution < 1.29 is 12.8 Å². The van der Waals surface area contributed by atoms with E-state index in [9.17, 15) is 12.8 Å². The molecule has 0 heterocycles. The van der Waals surface area contributed by atoms with E-state index >= 15 is 0 Å². The van der Waals surface area contributed by atoms with E-state index < -0.39 is 15.8 Å². The molecule has 3 nitrogen and oxygen atoms in total. The number of rotatable bonds is 4. The summed E-state index contributed by atoms with van der Waals surface area (Å²) in [7, 11) is -3.80. The second kappa shape index (κ2) is 6.32. The normalized spacial score (nSPS) is 11.6. The van der Waals surface area contributed by atoms with Crippen LogP contribution in [0.2, 0.25) is 10.0 Å². The van der Waals surface area contributed by atoms with E-state index in [1.54, 1.807) is 13.0 Å². The summed E-state index contributed by atoms with van der Waals surface area (Å²) in [5, 5.41) is 0.380. The Hall–Kier alpha value is -1.14. The van der Waals surface area contributed by atoms with Gasteiger partial charge in [0.15, 0.2) is 0 Å². The lowest BCUT2D eigenvalue weighted by molar-refractivity contribution is 0.580. The molecule has 0 atom stereocenters. The maximum Gasteiger partial charge on any atom is 0.242 e. The quantitative estimate of drug-likeness (QED) is 0.910. The molecule has 1 N–H and O–H groups in total. The first-order valence-corrected chi connectivity index (χ1v) is 8.23. The van der Waals surface area contributed by atoms with Crippen LogP contribution in [0.25, 0.3) is 0 Å². The Kier molecular flexibility index (Phi) is 4.88. The first kappa shape index (κ1) is 16.2. The van der Waals surface area contributed by atoms with Crippen molar-refractivity contribution in [2.45, 2.75) is 18.4 Å². The van der Waals surface area contributed by atoms with Gasteiger partial charge in [0.25, 0.3) is 0 Å². The van der Waals surface area contributed by atoms with Crippen LogP contribution in [0.1, 0.15) is 11.1 Å². The fourth-order valence-corrected chi connectivity index (χ4v) is 3.55. The van der Waals surface area contributed by atoms with Crippen LogP contribution in [-0.4, -0.2) is 8.42 Å². The van der Waals surface area contributed by atoms with Crippen LogP contribution in [0.4, 0.5) is 4.39 Å². The van der Waals surface area contributed by atoms with Gasteiger partial charge in [0.1, 0.15) is 10.7 Å². The molecule has 2 aromatic rings. The van der Waals surface area contributed by atoms with Crippen molar-refractivity contribution in [3.8, 4) is 0 Å². The molecule has 0 unspecified atom stereocenters. The van der Waals surface area contributed by atoms with Crippen LogP contribution in [0.5, 0.6) is 0 Å². The Bertz CT molecular complexity index is 779. The molecule has 0 aliphatic heterocycles. The lowest BCUT2D eigenvalue weighted by Crippen LogP contribution is -2.24. The van der Waals surface area contributed by atoms with Crippen LogP contribution in [0.3, 0.4) is 0 Å². The molecule has 0 spiro atoms. The summed E-state index contributed by atoms with van der Waals surface area (Å²) in [5.74, 6) is -0.417. The Morgan fingerprint density at radius 3 is 2.52 bits per heavy atom. The molecule has 0 aliphatic rings. The van der Waals surface area contributed by atoms with E-state index in [0.29, 0.717) is 10.6 Å². The second-order valence-corrected chi connectivity index (χ2v) is 7.05. The summed E-state index contributed by atoms with van der Waals surface area (Å²) in [5.41, 5.74) is 1.35. The molecule has 0 bridgehead atoms. The van der Waals surface area contributed by atoms with Crippen molar-refractivity contribution in [2.24, 2.45) is 0 Å². The highest BCUT2D eigenvalue weighted by Gasteiger charge is 2.18.